The number of nitrogen functional groups attached to an aromatic ring is 1. The molecule has 5 heteroatoms. The van der Waals surface area contributed by atoms with Gasteiger partial charge in [-0.2, -0.15) is 11.8 Å². The Morgan fingerprint density at radius 1 is 1.56 bits per heavy atom. The van der Waals surface area contributed by atoms with Crippen LogP contribution in [0.2, 0.25) is 5.02 Å². The maximum atomic E-state index is 7.67. The third-order valence-electron chi connectivity index (χ3n) is 3.02. The molecule has 0 bridgehead atoms. The van der Waals surface area contributed by atoms with Gasteiger partial charge in [-0.05, 0) is 24.8 Å². The highest BCUT2D eigenvalue weighted by Gasteiger charge is 2.18. The first-order valence-corrected chi connectivity index (χ1v) is 7.64. The van der Waals surface area contributed by atoms with E-state index < -0.39 is 0 Å². The molecule has 0 radical (unpaired) electrons. The molecule has 0 aliphatic heterocycles. The van der Waals surface area contributed by atoms with Crippen LogP contribution in [0.25, 0.3) is 0 Å². The number of rotatable bonds is 6. The zero-order chi connectivity index (χ0) is 13.7. The Balaban J connectivity index is 3.15. The lowest BCUT2D eigenvalue weighted by atomic mass is 10.1. The lowest BCUT2D eigenvalue weighted by molar-refractivity contribution is 0.673. The minimum absolute atomic E-state index is 0.0152. The van der Waals surface area contributed by atoms with Gasteiger partial charge in [0.1, 0.15) is 5.84 Å². The summed E-state index contributed by atoms with van der Waals surface area (Å²) in [6.45, 7) is 2.16. The lowest BCUT2D eigenvalue weighted by Crippen LogP contribution is -2.34. The van der Waals surface area contributed by atoms with Crippen molar-refractivity contribution in [3.63, 3.8) is 0 Å². The molecule has 0 heterocycles. The van der Waals surface area contributed by atoms with Crippen LogP contribution in [0, 0.1) is 5.41 Å². The molecule has 0 aromatic heterocycles. The average Bonchev–Trinajstić information content (AvgIpc) is 2.34. The molecule has 100 valence electrons. The molecular weight excluding hydrogens is 266 g/mol. The first kappa shape index (κ1) is 15.2. The normalized spacial score (nSPS) is 12.2. The third kappa shape index (κ3) is 3.33. The maximum absolute atomic E-state index is 7.67. The van der Waals surface area contributed by atoms with E-state index in [9.17, 15) is 0 Å². The number of hydrogen-bond acceptors (Lipinski definition) is 3. The Hall–Kier alpha value is -0.870. The van der Waals surface area contributed by atoms with Crippen molar-refractivity contribution in [3.05, 3.63) is 28.8 Å². The van der Waals surface area contributed by atoms with Crippen molar-refractivity contribution in [2.45, 2.75) is 19.4 Å². The van der Waals surface area contributed by atoms with Gasteiger partial charge in [0.25, 0.3) is 0 Å². The van der Waals surface area contributed by atoms with Crippen LogP contribution in [0.15, 0.2) is 18.2 Å². The van der Waals surface area contributed by atoms with Crippen LogP contribution >= 0.6 is 23.4 Å². The molecule has 3 N–H and O–H groups in total. The summed E-state index contributed by atoms with van der Waals surface area (Å²) in [6, 6.07) is 6.04. The Morgan fingerprint density at radius 3 is 2.72 bits per heavy atom. The van der Waals surface area contributed by atoms with Crippen molar-refractivity contribution in [1.29, 1.82) is 5.41 Å². The van der Waals surface area contributed by atoms with E-state index in [2.05, 4.69) is 18.1 Å². The molecule has 0 aliphatic carbocycles. The van der Waals surface area contributed by atoms with E-state index >= 15 is 0 Å². The maximum Gasteiger partial charge on any atom is 0.126 e. The van der Waals surface area contributed by atoms with Gasteiger partial charge in [0.15, 0.2) is 0 Å². The van der Waals surface area contributed by atoms with Gasteiger partial charge in [-0.25, -0.2) is 0 Å². The van der Waals surface area contributed by atoms with Crippen molar-refractivity contribution in [2.24, 2.45) is 5.73 Å². The van der Waals surface area contributed by atoms with E-state index in [0.29, 0.717) is 16.6 Å². The molecule has 0 amide bonds. The molecule has 3 nitrogen and oxygen atoms in total. The van der Waals surface area contributed by atoms with Gasteiger partial charge in [-0.15, -0.1) is 0 Å². The molecule has 1 rings (SSSR count). The quantitative estimate of drug-likeness (QED) is 0.623. The first-order chi connectivity index (χ1) is 8.52. The van der Waals surface area contributed by atoms with Gasteiger partial charge >= 0.3 is 0 Å². The molecule has 0 saturated heterocycles. The molecule has 1 unspecified atom stereocenters. The van der Waals surface area contributed by atoms with Crippen molar-refractivity contribution >= 4 is 34.9 Å². The van der Waals surface area contributed by atoms with Crippen molar-refractivity contribution in [2.75, 3.05) is 24.0 Å². The fourth-order valence-electron chi connectivity index (χ4n) is 1.97. The zero-order valence-electron chi connectivity index (χ0n) is 11.0. The highest BCUT2D eigenvalue weighted by molar-refractivity contribution is 7.98. The van der Waals surface area contributed by atoms with Crippen LogP contribution in [0.4, 0.5) is 5.69 Å². The Bertz CT molecular complexity index is 423. The van der Waals surface area contributed by atoms with Gasteiger partial charge in [0.05, 0.1) is 10.6 Å². The average molecular weight is 286 g/mol. The molecule has 0 saturated carbocycles. The zero-order valence-corrected chi connectivity index (χ0v) is 12.6. The Kier molecular flexibility index (Phi) is 5.82. The number of anilines is 1. The van der Waals surface area contributed by atoms with Crippen LogP contribution in [-0.2, 0) is 0 Å². The summed E-state index contributed by atoms with van der Waals surface area (Å²) in [6.07, 6.45) is 3.14. The molecule has 1 aromatic rings. The standard InChI is InChI=1S/C13H20ClN3S/c1-4-9(8-18-3)17(2)11-7-5-6-10(14)12(11)13(15)16/h5-7,9H,4,8H2,1-3H3,(H3,15,16). The summed E-state index contributed by atoms with van der Waals surface area (Å²) in [4.78, 5) is 2.17. The predicted molar refractivity (Wildman–Crippen MR) is 83.3 cm³/mol. The number of nitrogens with two attached hydrogens (primary N) is 1. The summed E-state index contributed by atoms with van der Waals surface area (Å²) in [5.41, 5.74) is 7.19. The Labute approximate surface area is 118 Å². The minimum atomic E-state index is 0.0152. The van der Waals surface area contributed by atoms with Gasteiger partial charge in [-0.1, -0.05) is 24.6 Å². The van der Waals surface area contributed by atoms with Gasteiger partial charge < -0.3 is 10.6 Å². The number of nitrogens with zero attached hydrogens (tertiary/aromatic N) is 1. The summed E-state index contributed by atoms with van der Waals surface area (Å²) in [7, 11) is 2.03. The molecule has 18 heavy (non-hydrogen) atoms. The van der Waals surface area contributed by atoms with E-state index in [4.69, 9.17) is 22.7 Å². The summed E-state index contributed by atoms with van der Waals surface area (Å²) in [5, 5.41) is 8.21. The summed E-state index contributed by atoms with van der Waals surface area (Å²) < 4.78 is 0. The van der Waals surface area contributed by atoms with Crippen LogP contribution in [0.1, 0.15) is 18.9 Å². The van der Waals surface area contributed by atoms with Crippen molar-refractivity contribution < 1.29 is 0 Å². The van der Waals surface area contributed by atoms with E-state index in [-0.39, 0.29) is 5.84 Å². The topological polar surface area (TPSA) is 53.1 Å². The van der Waals surface area contributed by atoms with Gasteiger partial charge in [0.2, 0.25) is 0 Å². The summed E-state index contributed by atoms with van der Waals surface area (Å²) in [5.74, 6) is 1.05. The number of amidine groups is 1. The highest BCUT2D eigenvalue weighted by atomic mass is 35.5. The van der Waals surface area contributed by atoms with Crippen LogP contribution in [0.5, 0.6) is 0 Å². The highest BCUT2D eigenvalue weighted by Crippen LogP contribution is 2.28. The molecule has 1 aromatic carbocycles. The predicted octanol–water partition coefficient (Wildman–Crippen LogP) is 3.20. The first-order valence-electron chi connectivity index (χ1n) is 5.87. The van der Waals surface area contributed by atoms with E-state index in [0.717, 1.165) is 17.9 Å². The molecule has 1 atom stereocenters. The van der Waals surface area contributed by atoms with Crippen LogP contribution in [-0.4, -0.2) is 30.9 Å². The van der Waals surface area contributed by atoms with Gasteiger partial charge in [0, 0.05) is 24.5 Å². The smallest absolute Gasteiger partial charge is 0.126 e. The molecular formula is C13H20ClN3S. The van der Waals surface area contributed by atoms with Crippen molar-refractivity contribution in [1.82, 2.24) is 0 Å². The third-order valence-corrected chi connectivity index (χ3v) is 4.05. The van der Waals surface area contributed by atoms with Crippen LogP contribution in [0.3, 0.4) is 0 Å². The van der Waals surface area contributed by atoms with Gasteiger partial charge in [-0.3, -0.25) is 5.41 Å². The second kappa shape index (κ2) is 6.90. The summed E-state index contributed by atoms with van der Waals surface area (Å²) >= 11 is 7.96. The monoisotopic (exact) mass is 285 g/mol. The second-order valence-electron chi connectivity index (χ2n) is 4.18. The number of nitrogens with one attached hydrogen (secondary N) is 1. The number of benzene rings is 1. The van der Waals surface area contributed by atoms with E-state index in [1.54, 1.807) is 6.07 Å². The molecule has 0 fully saturated rings. The Morgan fingerprint density at radius 2 is 2.22 bits per heavy atom. The lowest BCUT2D eigenvalue weighted by Gasteiger charge is -2.30. The largest absolute Gasteiger partial charge is 0.384 e. The van der Waals surface area contributed by atoms with E-state index in [1.165, 1.54) is 0 Å². The van der Waals surface area contributed by atoms with Crippen molar-refractivity contribution in [3.8, 4) is 0 Å². The molecule has 0 spiro atoms. The number of hydrogen-bond donors (Lipinski definition) is 2. The number of thioether (sulfide) groups is 1. The number of halogens is 1. The fourth-order valence-corrected chi connectivity index (χ4v) is 3.08. The SMILES string of the molecule is CCC(CSC)N(C)c1cccc(Cl)c1C(=N)N. The second-order valence-corrected chi connectivity index (χ2v) is 5.49. The fraction of sp³-hybridized carbons (Fsp3) is 0.462. The van der Waals surface area contributed by atoms with E-state index in [1.807, 2.05) is 30.9 Å². The molecule has 0 aliphatic rings. The van der Waals surface area contributed by atoms with Crippen LogP contribution < -0.4 is 10.6 Å². The minimum Gasteiger partial charge on any atom is -0.384 e.